The number of hydrogen-bond acceptors (Lipinski definition) is 3. The number of likely N-dealkylation sites (N-methyl/N-ethyl adjacent to an activating group) is 1. The van der Waals surface area contributed by atoms with E-state index in [1.807, 2.05) is 0 Å². The van der Waals surface area contributed by atoms with Gasteiger partial charge < -0.3 is 20.0 Å². The van der Waals surface area contributed by atoms with E-state index in [-0.39, 0.29) is 6.54 Å². The number of aliphatic hydroxyl groups is 1. The second kappa shape index (κ2) is 4.59. The quantitative estimate of drug-likeness (QED) is 0.408. The van der Waals surface area contributed by atoms with Crippen LogP contribution in [0.4, 0.5) is 0 Å². The number of amides is 1. The highest BCUT2D eigenvalue weighted by atomic mass is 16.4. The van der Waals surface area contributed by atoms with Crippen LogP contribution in [0, 0.1) is 0 Å². The van der Waals surface area contributed by atoms with Crippen LogP contribution in [0.1, 0.15) is 13.3 Å². The van der Waals surface area contributed by atoms with E-state index in [2.05, 4.69) is 5.32 Å². The zero-order valence-corrected chi connectivity index (χ0v) is 9.57. The lowest BCUT2D eigenvalue weighted by Crippen LogP contribution is -2.59. The summed E-state index contributed by atoms with van der Waals surface area (Å²) in [5.74, 6) is -1.60. The number of nitrogens with one attached hydrogen (secondary N) is 1. The molecule has 0 aromatic rings. The Bertz CT molecular complexity index is 241. The molecule has 0 radical (unpaired) electrons. The normalized spacial score (nSPS) is 15.5. The van der Waals surface area contributed by atoms with E-state index in [0.717, 1.165) is 0 Å². The summed E-state index contributed by atoms with van der Waals surface area (Å²) >= 11 is 0. The fourth-order valence-corrected chi connectivity index (χ4v) is 1.50. The summed E-state index contributed by atoms with van der Waals surface area (Å²) in [5, 5.41) is 20.9. The second-order valence-electron chi connectivity index (χ2n) is 4.73. The van der Waals surface area contributed by atoms with Crippen molar-refractivity contribution >= 4 is 11.9 Å². The molecule has 0 aliphatic rings. The van der Waals surface area contributed by atoms with Gasteiger partial charge in [-0.15, -0.1) is 0 Å². The van der Waals surface area contributed by atoms with Gasteiger partial charge in [-0.3, -0.25) is 9.59 Å². The first-order chi connectivity index (χ1) is 6.54. The molecular weight excluding hydrogens is 200 g/mol. The van der Waals surface area contributed by atoms with Crippen molar-refractivity contribution in [1.29, 1.82) is 0 Å². The summed E-state index contributed by atoms with van der Waals surface area (Å²) < 4.78 is 0.351. The number of carboxylic acids is 1. The van der Waals surface area contributed by atoms with Gasteiger partial charge in [-0.05, 0) is 0 Å². The Hall–Kier alpha value is -1.14. The number of aliphatic carboxylic acids is 1. The molecule has 0 aromatic carbocycles. The van der Waals surface area contributed by atoms with Crippen molar-refractivity contribution in [2.24, 2.45) is 0 Å². The minimum absolute atomic E-state index is 0.124. The summed E-state index contributed by atoms with van der Waals surface area (Å²) in [6.07, 6.45) is -0.512. The van der Waals surface area contributed by atoms with E-state index < -0.39 is 24.0 Å². The van der Waals surface area contributed by atoms with Crippen LogP contribution in [-0.4, -0.2) is 60.0 Å². The molecule has 1 amide bonds. The number of rotatable bonds is 5. The van der Waals surface area contributed by atoms with Crippen molar-refractivity contribution in [2.75, 3.05) is 27.7 Å². The molecule has 0 rings (SSSR count). The SMILES string of the molecule is CC(=O)N[C@@](O)(CC(=O)O)C[N+](C)(C)C. The molecule has 3 N–H and O–H groups in total. The van der Waals surface area contributed by atoms with E-state index >= 15 is 0 Å². The van der Waals surface area contributed by atoms with Gasteiger partial charge in [0.2, 0.25) is 5.91 Å². The zero-order valence-electron chi connectivity index (χ0n) is 9.57. The lowest BCUT2D eigenvalue weighted by Gasteiger charge is -2.34. The van der Waals surface area contributed by atoms with Crippen molar-refractivity contribution < 1.29 is 24.3 Å². The molecule has 0 aliphatic carbocycles. The lowest BCUT2D eigenvalue weighted by atomic mass is 10.1. The van der Waals surface area contributed by atoms with Crippen LogP contribution in [0.5, 0.6) is 0 Å². The van der Waals surface area contributed by atoms with Gasteiger partial charge in [0.25, 0.3) is 0 Å². The Morgan fingerprint density at radius 3 is 2.07 bits per heavy atom. The standard InChI is InChI=1S/C9H18N2O4/c1-7(12)10-9(15,5-8(13)14)6-11(2,3)4/h15H,5-6H2,1-4H3,(H-,10,12,13,14)/p+1/t9-/m1/s1. The van der Waals surface area contributed by atoms with Gasteiger partial charge in [0.1, 0.15) is 6.54 Å². The highest BCUT2D eigenvalue weighted by molar-refractivity contribution is 5.75. The maximum atomic E-state index is 10.9. The van der Waals surface area contributed by atoms with Crippen LogP contribution in [0.3, 0.4) is 0 Å². The first kappa shape index (κ1) is 13.9. The predicted molar refractivity (Wildman–Crippen MR) is 53.9 cm³/mol. The molecule has 0 fully saturated rings. The maximum absolute atomic E-state index is 10.9. The van der Waals surface area contributed by atoms with Gasteiger partial charge in [-0.25, -0.2) is 0 Å². The van der Waals surface area contributed by atoms with Crippen LogP contribution < -0.4 is 5.32 Å². The lowest BCUT2D eigenvalue weighted by molar-refractivity contribution is -0.877. The molecule has 0 heterocycles. The van der Waals surface area contributed by atoms with Crippen LogP contribution >= 0.6 is 0 Å². The Labute approximate surface area is 89.1 Å². The molecule has 0 aromatic heterocycles. The van der Waals surface area contributed by atoms with Crippen LogP contribution in [0.2, 0.25) is 0 Å². The summed E-state index contributed by atoms with van der Waals surface area (Å²) in [6, 6.07) is 0. The average molecular weight is 219 g/mol. The Kier molecular flexibility index (Phi) is 4.24. The smallest absolute Gasteiger partial charge is 0.308 e. The molecule has 0 unspecified atom stereocenters. The number of carbonyl (C=O) groups is 2. The molecule has 0 aliphatic heterocycles. The third kappa shape index (κ3) is 6.87. The van der Waals surface area contributed by atoms with Gasteiger partial charge in [0.15, 0.2) is 5.72 Å². The number of hydrogen-bond donors (Lipinski definition) is 3. The van der Waals surface area contributed by atoms with Crippen LogP contribution in [0.15, 0.2) is 0 Å². The van der Waals surface area contributed by atoms with Crippen molar-refractivity contribution in [3.63, 3.8) is 0 Å². The number of quaternary nitrogens is 1. The highest BCUT2D eigenvalue weighted by Gasteiger charge is 2.36. The predicted octanol–water partition coefficient (Wildman–Crippen LogP) is -1.01. The fraction of sp³-hybridized carbons (Fsp3) is 0.778. The molecule has 6 heteroatoms. The highest BCUT2D eigenvalue weighted by Crippen LogP contribution is 2.11. The zero-order chi connectivity index (χ0) is 12.3. The monoisotopic (exact) mass is 219 g/mol. The van der Waals surface area contributed by atoms with Gasteiger partial charge >= 0.3 is 5.97 Å². The molecule has 0 spiro atoms. The van der Waals surface area contributed by atoms with E-state index in [1.54, 1.807) is 21.1 Å². The van der Waals surface area contributed by atoms with E-state index in [0.29, 0.717) is 4.48 Å². The minimum atomic E-state index is -1.70. The third-order valence-electron chi connectivity index (χ3n) is 1.59. The summed E-state index contributed by atoms with van der Waals surface area (Å²) in [4.78, 5) is 21.4. The summed E-state index contributed by atoms with van der Waals surface area (Å²) in [7, 11) is 5.40. The molecule has 0 saturated carbocycles. The van der Waals surface area contributed by atoms with Gasteiger partial charge in [0, 0.05) is 6.92 Å². The Balaban J connectivity index is 4.69. The molecule has 15 heavy (non-hydrogen) atoms. The Morgan fingerprint density at radius 1 is 1.33 bits per heavy atom. The van der Waals surface area contributed by atoms with Crippen LogP contribution in [-0.2, 0) is 9.59 Å². The average Bonchev–Trinajstić information content (AvgIpc) is 1.73. The number of nitrogens with zero attached hydrogens (tertiary/aromatic N) is 1. The molecule has 1 atom stereocenters. The maximum Gasteiger partial charge on any atom is 0.308 e. The molecule has 6 nitrogen and oxygen atoms in total. The van der Waals surface area contributed by atoms with E-state index in [1.165, 1.54) is 6.92 Å². The third-order valence-corrected chi connectivity index (χ3v) is 1.59. The van der Waals surface area contributed by atoms with Crippen molar-refractivity contribution in [2.45, 2.75) is 19.1 Å². The van der Waals surface area contributed by atoms with Crippen molar-refractivity contribution in [3.8, 4) is 0 Å². The van der Waals surface area contributed by atoms with Gasteiger partial charge in [-0.2, -0.15) is 0 Å². The summed E-state index contributed by atoms with van der Waals surface area (Å²) in [6.45, 7) is 1.36. The first-order valence-corrected chi connectivity index (χ1v) is 4.57. The molecule has 0 bridgehead atoms. The second-order valence-corrected chi connectivity index (χ2v) is 4.73. The number of carbonyl (C=O) groups excluding carboxylic acids is 1. The van der Waals surface area contributed by atoms with Gasteiger partial charge in [0.05, 0.1) is 27.6 Å². The fourth-order valence-electron chi connectivity index (χ4n) is 1.50. The molecule has 0 saturated heterocycles. The van der Waals surface area contributed by atoms with Crippen molar-refractivity contribution in [3.05, 3.63) is 0 Å². The first-order valence-electron chi connectivity index (χ1n) is 4.57. The van der Waals surface area contributed by atoms with Crippen LogP contribution in [0.25, 0.3) is 0 Å². The Morgan fingerprint density at radius 2 is 1.80 bits per heavy atom. The number of carboxylic acid groups (broad SMARTS) is 1. The molecular formula is C9H19N2O4+. The van der Waals surface area contributed by atoms with E-state index in [9.17, 15) is 14.7 Å². The minimum Gasteiger partial charge on any atom is -0.481 e. The van der Waals surface area contributed by atoms with Crippen molar-refractivity contribution in [1.82, 2.24) is 5.32 Å². The molecule has 88 valence electrons. The largest absolute Gasteiger partial charge is 0.481 e. The van der Waals surface area contributed by atoms with Gasteiger partial charge in [-0.1, -0.05) is 0 Å². The topological polar surface area (TPSA) is 86.6 Å². The van der Waals surface area contributed by atoms with E-state index in [4.69, 9.17) is 5.11 Å². The summed E-state index contributed by atoms with van der Waals surface area (Å²) in [5.41, 5.74) is -1.70.